The van der Waals surface area contributed by atoms with Gasteiger partial charge >= 0.3 is 0 Å². The summed E-state index contributed by atoms with van der Waals surface area (Å²) >= 11 is 0. The van der Waals surface area contributed by atoms with Gasteiger partial charge in [0.05, 0.1) is 0 Å². The lowest BCUT2D eigenvalue weighted by Crippen LogP contribution is -2.29. The first-order chi connectivity index (χ1) is 11.6. The van der Waals surface area contributed by atoms with Gasteiger partial charge in [-0.05, 0) is 36.9 Å². The number of aromatic nitrogens is 2. The summed E-state index contributed by atoms with van der Waals surface area (Å²) in [5.74, 6) is 1.79. The number of aryl methyl sites for hydroxylation is 1. The smallest absolute Gasteiger partial charge is 0.219 e. The molecule has 0 bridgehead atoms. The van der Waals surface area contributed by atoms with Crippen LogP contribution in [0.15, 0.2) is 36.7 Å². The molecule has 2 N–H and O–H groups in total. The first-order valence-corrected chi connectivity index (χ1v) is 8.66. The number of fused-ring (bicyclic) bond motifs is 1. The van der Waals surface area contributed by atoms with E-state index < -0.39 is 0 Å². The molecule has 5 nitrogen and oxygen atoms in total. The normalized spacial score (nSPS) is 25.4. The first-order valence-electron chi connectivity index (χ1n) is 8.66. The molecule has 0 amide bonds. The number of anilines is 1. The predicted octanol–water partition coefficient (Wildman–Crippen LogP) is 2.95. The molecule has 0 spiro atoms. The van der Waals surface area contributed by atoms with Gasteiger partial charge in [0.2, 0.25) is 5.95 Å². The van der Waals surface area contributed by atoms with Crippen molar-refractivity contribution in [3.63, 3.8) is 0 Å². The first kappa shape index (κ1) is 20.9. The van der Waals surface area contributed by atoms with Crippen LogP contribution in [0, 0.1) is 18.8 Å². The number of hydrogen-bond acceptors (Lipinski definition) is 5. The van der Waals surface area contributed by atoms with E-state index in [2.05, 4.69) is 58.0 Å². The Kier molecular flexibility index (Phi) is 6.86. The third-order valence-electron chi connectivity index (χ3n) is 5.61. The van der Waals surface area contributed by atoms with Crippen molar-refractivity contribution in [1.29, 1.82) is 0 Å². The summed E-state index contributed by atoms with van der Waals surface area (Å²) in [6.07, 6.45) is 3.70. The maximum Gasteiger partial charge on any atom is 0.219 e. The second-order valence-electron chi connectivity index (χ2n) is 7.31. The molecule has 2 aliphatic heterocycles. The number of nitrogens with zero attached hydrogens (tertiary/aromatic N) is 4. The van der Waals surface area contributed by atoms with Gasteiger partial charge in [0.1, 0.15) is 0 Å². The molecule has 1 aromatic carbocycles. The average Bonchev–Trinajstić information content (AvgIpc) is 3.06. The highest BCUT2D eigenvalue weighted by Gasteiger charge is 2.46. The number of halogens is 2. The summed E-state index contributed by atoms with van der Waals surface area (Å²) < 4.78 is 0. The van der Waals surface area contributed by atoms with E-state index in [-0.39, 0.29) is 24.8 Å². The van der Waals surface area contributed by atoms with Crippen LogP contribution in [0.4, 0.5) is 5.95 Å². The zero-order valence-electron chi connectivity index (χ0n) is 15.2. The van der Waals surface area contributed by atoms with Gasteiger partial charge < -0.3 is 5.73 Å². The van der Waals surface area contributed by atoms with Crippen molar-refractivity contribution in [2.75, 3.05) is 32.4 Å². The Hall–Kier alpha value is -1.40. The molecule has 1 aromatic heterocycles. The molecule has 3 atom stereocenters. The molecular formula is C19H27Cl2N5. The van der Waals surface area contributed by atoms with E-state index in [1.807, 2.05) is 12.4 Å². The number of rotatable bonds is 3. The molecule has 26 heavy (non-hydrogen) atoms. The van der Waals surface area contributed by atoms with Crippen LogP contribution in [0.3, 0.4) is 0 Å². The molecule has 0 radical (unpaired) electrons. The van der Waals surface area contributed by atoms with Crippen LogP contribution in [-0.2, 0) is 6.54 Å². The highest BCUT2D eigenvalue weighted by molar-refractivity contribution is 5.85. The van der Waals surface area contributed by atoms with Gasteiger partial charge in [-0.3, -0.25) is 9.80 Å². The van der Waals surface area contributed by atoms with E-state index in [0.717, 1.165) is 31.1 Å². The molecule has 2 aromatic rings. The van der Waals surface area contributed by atoms with E-state index in [0.29, 0.717) is 17.9 Å². The third-order valence-corrected chi connectivity index (χ3v) is 5.61. The van der Waals surface area contributed by atoms with Crippen molar-refractivity contribution in [2.45, 2.75) is 19.5 Å². The van der Waals surface area contributed by atoms with Gasteiger partial charge in [0.25, 0.3) is 0 Å². The summed E-state index contributed by atoms with van der Waals surface area (Å²) in [4.78, 5) is 13.3. The highest BCUT2D eigenvalue weighted by Crippen LogP contribution is 2.45. The van der Waals surface area contributed by atoms with Crippen molar-refractivity contribution < 1.29 is 0 Å². The minimum Gasteiger partial charge on any atom is -0.368 e. The van der Waals surface area contributed by atoms with E-state index >= 15 is 0 Å². The Morgan fingerprint density at radius 2 is 1.77 bits per heavy atom. The van der Waals surface area contributed by atoms with Crippen molar-refractivity contribution in [3.8, 4) is 0 Å². The van der Waals surface area contributed by atoms with Crippen molar-refractivity contribution >= 4 is 30.8 Å². The second kappa shape index (κ2) is 8.53. The molecule has 3 heterocycles. The fourth-order valence-corrected chi connectivity index (χ4v) is 4.57. The third kappa shape index (κ3) is 3.96. The lowest BCUT2D eigenvalue weighted by molar-refractivity contribution is 0.224. The van der Waals surface area contributed by atoms with Gasteiger partial charge in [-0.1, -0.05) is 24.3 Å². The quantitative estimate of drug-likeness (QED) is 0.865. The molecule has 142 valence electrons. The zero-order chi connectivity index (χ0) is 16.7. The number of hydrogen-bond donors (Lipinski definition) is 1. The zero-order valence-corrected chi connectivity index (χ0v) is 16.8. The molecule has 0 aliphatic carbocycles. The number of nitrogens with two attached hydrogens (primary N) is 1. The van der Waals surface area contributed by atoms with Gasteiger partial charge in [-0.25, -0.2) is 9.97 Å². The number of benzene rings is 1. The SMILES string of the molecule is Cc1ccccc1[C@@H]1[C@@H]2CN(Cc3cnc(N)nc3)C[C@@H]2CN1C.Cl.Cl. The summed E-state index contributed by atoms with van der Waals surface area (Å²) in [6, 6.07) is 9.36. The predicted molar refractivity (Wildman–Crippen MR) is 110 cm³/mol. The monoisotopic (exact) mass is 395 g/mol. The Bertz CT molecular complexity index is 724. The van der Waals surface area contributed by atoms with E-state index in [1.54, 1.807) is 0 Å². The summed E-state index contributed by atoms with van der Waals surface area (Å²) in [7, 11) is 2.27. The Morgan fingerprint density at radius 3 is 2.46 bits per heavy atom. The lowest BCUT2D eigenvalue weighted by atomic mass is 9.88. The van der Waals surface area contributed by atoms with Crippen LogP contribution in [0.2, 0.25) is 0 Å². The Balaban J connectivity index is 0.00000121. The average molecular weight is 396 g/mol. The van der Waals surface area contributed by atoms with Crippen molar-refractivity contribution in [1.82, 2.24) is 19.8 Å². The van der Waals surface area contributed by atoms with Gasteiger partial charge in [0.15, 0.2) is 0 Å². The van der Waals surface area contributed by atoms with Crippen LogP contribution >= 0.6 is 24.8 Å². The van der Waals surface area contributed by atoms with Crippen LogP contribution in [0.25, 0.3) is 0 Å². The standard InChI is InChI=1S/C19H25N5.2ClH/c1-13-5-3-4-6-16(13)18-17-12-24(11-15(17)10-23(18)2)9-14-7-21-19(20)22-8-14;;/h3-8,15,17-18H,9-12H2,1-2H3,(H2,20,21,22);2*1H/t15-,17+,18+;;/m0../s1. The van der Waals surface area contributed by atoms with Gasteiger partial charge in [0, 0.05) is 50.2 Å². The molecule has 2 aliphatic rings. The Labute approximate surface area is 167 Å². The molecule has 0 unspecified atom stereocenters. The highest BCUT2D eigenvalue weighted by atomic mass is 35.5. The molecule has 7 heteroatoms. The van der Waals surface area contributed by atoms with E-state index in [9.17, 15) is 0 Å². The fourth-order valence-electron chi connectivity index (χ4n) is 4.57. The number of nitrogen functional groups attached to an aromatic ring is 1. The van der Waals surface area contributed by atoms with E-state index in [4.69, 9.17) is 5.73 Å². The minimum absolute atomic E-state index is 0. The van der Waals surface area contributed by atoms with Crippen LogP contribution in [-0.4, -0.2) is 46.4 Å². The summed E-state index contributed by atoms with van der Waals surface area (Å²) in [6.45, 7) is 6.62. The molecule has 2 saturated heterocycles. The van der Waals surface area contributed by atoms with Crippen molar-refractivity contribution in [2.24, 2.45) is 11.8 Å². The van der Waals surface area contributed by atoms with E-state index in [1.165, 1.54) is 17.7 Å². The van der Waals surface area contributed by atoms with Gasteiger partial charge in [-0.2, -0.15) is 0 Å². The van der Waals surface area contributed by atoms with Crippen LogP contribution in [0.5, 0.6) is 0 Å². The summed E-state index contributed by atoms with van der Waals surface area (Å²) in [5.41, 5.74) is 9.62. The minimum atomic E-state index is 0. The van der Waals surface area contributed by atoms with Crippen LogP contribution < -0.4 is 5.73 Å². The van der Waals surface area contributed by atoms with Crippen LogP contribution in [0.1, 0.15) is 22.7 Å². The second-order valence-corrected chi connectivity index (χ2v) is 7.31. The number of likely N-dealkylation sites (tertiary alicyclic amines) is 2. The largest absolute Gasteiger partial charge is 0.368 e. The summed E-state index contributed by atoms with van der Waals surface area (Å²) in [5, 5.41) is 0. The lowest BCUT2D eigenvalue weighted by Gasteiger charge is -2.28. The molecule has 2 fully saturated rings. The fraction of sp³-hybridized carbons (Fsp3) is 0.474. The van der Waals surface area contributed by atoms with Crippen molar-refractivity contribution in [3.05, 3.63) is 53.3 Å². The Morgan fingerprint density at radius 1 is 1.08 bits per heavy atom. The molecule has 4 rings (SSSR count). The maximum absolute atomic E-state index is 5.58. The maximum atomic E-state index is 5.58. The molecule has 0 saturated carbocycles. The topological polar surface area (TPSA) is 58.3 Å². The molecular weight excluding hydrogens is 369 g/mol. The van der Waals surface area contributed by atoms with Gasteiger partial charge in [-0.15, -0.1) is 24.8 Å².